The zero-order chi connectivity index (χ0) is 25.4. The second-order valence-electron chi connectivity index (χ2n) is 8.81. The van der Waals surface area contributed by atoms with Crippen LogP contribution >= 0.6 is 23.2 Å². The number of aromatic nitrogens is 1. The minimum atomic E-state index is -3.35. The Morgan fingerprint density at radius 2 is 1.83 bits per heavy atom. The lowest BCUT2D eigenvalue weighted by molar-refractivity contribution is 0.133. The highest BCUT2D eigenvalue weighted by molar-refractivity contribution is 7.89. The number of halogens is 2. The predicted molar refractivity (Wildman–Crippen MR) is 142 cm³/mol. The van der Waals surface area contributed by atoms with Crippen LogP contribution in [0.25, 0.3) is 10.9 Å². The molecule has 0 radical (unpaired) electrons. The van der Waals surface area contributed by atoms with Gasteiger partial charge in [0.15, 0.2) is 0 Å². The predicted octanol–water partition coefficient (Wildman–Crippen LogP) is 6.12. The molecule has 0 saturated carbocycles. The lowest BCUT2D eigenvalue weighted by Gasteiger charge is -2.37. The molecule has 1 atom stereocenters. The number of aromatic amines is 1. The summed E-state index contributed by atoms with van der Waals surface area (Å²) >= 11 is 12.2. The first-order valence-corrected chi connectivity index (χ1v) is 14.1. The number of allylic oxidation sites excluding steroid dienone is 3. The molecular formula is C26H25Cl2N3O4S. The molecule has 0 spiro atoms. The molecular weight excluding hydrogens is 521 g/mol. The molecule has 36 heavy (non-hydrogen) atoms. The normalized spacial score (nSPS) is 17.9. The Morgan fingerprint density at radius 1 is 1.08 bits per heavy atom. The third kappa shape index (κ3) is 4.98. The summed E-state index contributed by atoms with van der Waals surface area (Å²) in [4.78, 5) is 18.6. The van der Waals surface area contributed by atoms with E-state index in [9.17, 15) is 13.2 Å². The van der Waals surface area contributed by atoms with Crippen molar-refractivity contribution in [2.24, 2.45) is 0 Å². The molecule has 1 aromatic heterocycles. The van der Waals surface area contributed by atoms with E-state index in [2.05, 4.69) is 9.71 Å². The number of nitrogens with one attached hydrogen (secondary N) is 2. The van der Waals surface area contributed by atoms with Crippen molar-refractivity contribution in [3.63, 3.8) is 0 Å². The number of H-pyrrole nitrogens is 1. The van der Waals surface area contributed by atoms with Crippen LogP contribution in [0.1, 0.15) is 37.1 Å². The van der Waals surface area contributed by atoms with E-state index in [0.717, 1.165) is 27.7 Å². The molecule has 2 aromatic carbocycles. The quantitative estimate of drug-likeness (QED) is 0.404. The van der Waals surface area contributed by atoms with Gasteiger partial charge in [0.05, 0.1) is 11.8 Å². The average Bonchev–Trinajstić information content (AvgIpc) is 3.23. The Hall–Kier alpha value is -2.94. The number of hydrogen-bond donors (Lipinski definition) is 2. The fourth-order valence-corrected chi connectivity index (χ4v) is 5.76. The first-order chi connectivity index (χ1) is 17.2. The van der Waals surface area contributed by atoms with Gasteiger partial charge in [0.2, 0.25) is 10.0 Å². The highest BCUT2D eigenvalue weighted by atomic mass is 35.5. The summed E-state index contributed by atoms with van der Waals surface area (Å²) in [5, 5.41) is 2.25. The standard InChI is InChI=1S/C26H25Cl2N3O4S/c1-2-36(33,34)30-19-8-3-16(4-9-19)25-24-21(22-15-18(28)7-12-23(22)29-24)13-14-31(25)26(32)35-20-10-5-17(27)6-11-20/h3,5-8,10-12,15,25,29-30H,2,4,9,13-14H2,1H3. The number of rotatable bonds is 5. The fraction of sp³-hybridized carbons (Fsp3) is 0.269. The van der Waals surface area contributed by atoms with Crippen LogP contribution < -0.4 is 9.46 Å². The molecule has 0 saturated heterocycles. The van der Waals surface area contributed by atoms with Crippen LogP contribution in [0.3, 0.4) is 0 Å². The molecule has 0 fully saturated rings. The molecule has 1 aliphatic carbocycles. The second kappa shape index (κ2) is 9.84. The van der Waals surface area contributed by atoms with E-state index < -0.39 is 16.1 Å². The van der Waals surface area contributed by atoms with Gasteiger partial charge in [-0.05, 0) is 85.9 Å². The van der Waals surface area contributed by atoms with Crippen LogP contribution in [-0.2, 0) is 16.4 Å². The van der Waals surface area contributed by atoms with Gasteiger partial charge in [-0.25, -0.2) is 13.2 Å². The monoisotopic (exact) mass is 545 g/mol. The van der Waals surface area contributed by atoms with Crippen LogP contribution in [0.5, 0.6) is 5.75 Å². The molecule has 2 heterocycles. The van der Waals surface area contributed by atoms with Gasteiger partial charge in [-0.3, -0.25) is 9.62 Å². The van der Waals surface area contributed by atoms with Crippen LogP contribution in [0.2, 0.25) is 10.0 Å². The van der Waals surface area contributed by atoms with Crippen molar-refractivity contribution in [1.82, 2.24) is 14.6 Å². The third-order valence-corrected chi connectivity index (χ3v) is 8.36. The van der Waals surface area contributed by atoms with Crippen LogP contribution in [0, 0.1) is 0 Å². The van der Waals surface area contributed by atoms with Crippen molar-refractivity contribution in [3.8, 4) is 5.75 Å². The number of nitrogens with zero attached hydrogens (tertiary/aromatic N) is 1. The van der Waals surface area contributed by atoms with E-state index in [-0.39, 0.29) is 11.8 Å². The maximum atomic E-state index is 13.4. The van der Waals surface area contributed by atoms with Crippen molar-refractivity contribution in [2.75, 3.05) is 12.3 Å². The SMILES string of the molecule is CCS(=O)(=O)NC1=CC=C(C2c3[nH]c4ccc(Cl)cc4c3CCN2C(=O)Oc2ccc(Cl)cc2)CC1. The maximum absolute atomic E-state index is 13.4. The number of hydrogen-bond acceptors (Lipinski definition) is 4. The van der Waals surface area contributed by atoms with Crippen molar-refractivity contribution in [3.05, 3.63) is 87.2 Å². The smallest absolute Gasteiger partial charge is 0.410 e. The van der Waals surface area contributed by atoms with Gasteiger partial charge in [0, 0.05) is 38.9 Å². The van der Waals surface area contributed by atoms with E-state index in [4.69, 9.17) is 27.9 Å². The first-order valence-electron chi connectivity index (χ1n) is 11.7. The lowest BCUT2D eigenvalue weighted by atomic mass is 9.88. The van der Waals surface area contributed by atoms with Gasteiger partial charge < -0.3 is 9.72 Å². The summed E-state index contributed by atoms with van der Waals surface area (Å²) < 4.78 is 32.4. The van der Waals surface area contributed by atoms with Crippen molar-refractivity contribution in [2.45, 2.75) is 32.2 Å². The first kappa shape index (κ1) is 24.7. The molecule has 5 rings (SSSR count). The van der Waals surface area contributed by atoms with E-state index >= 15 is 0 Å². The van der Waals surface area contributed by atoms with E-state index in [1.807, 2.05) is 24.3 Å². The highest BCUT2D eigenvalue weighted by Gasteiger charge is 2.37. The topological polar surface area (TPSA) is 91.5 Å². The van der Waals surface area contributed by atoms with Gasteiger partial charge in [0.1, 0.15) is 5.75 Å². The van der Waals surface area contributed by atoms with Crippen molar-refractivity contribution < 1.29 is 17.9 Å². The molecule has 0 bridgehead atoms. The zero-order valence-corrected chi connectivity index (χ0v) is 21.9. The molecule has 10 heteroatoms. The van der Waals surface area contributed by atoms with Gasteiger partial charge >= 0.3 is 6.09 Å². The van der Waals surface area contributed by atoms with Gasteiger partial charge in [0.25, 0.3) is 0 Å². The summed E-state index contributed by atoms with van der Waals surface area (Å²) in [5.74, 6) is 0.417. The third-order valence-electron chi connectivity index (χ3n) is 6.54. The largest absolute Gasteiger partial charge is 0.416 e. The summed E-state index contributed by atoms with van der Waals surface area (Å²) in [6.07, 6.45) is 4.96. The Labute approximate surface area is 219 Å². The minimum absolute atomic E-state index is 0.00877. The minimum Gasteiger partial charge on any atom is -0.410 e. The number of fused-ring (bicyclic) bond motifs is 3. The molecule has 1 aliphatic heterocycles. The lowest BCUT2D eigenvalue weighted by Crippen LogP contribution is -2.42. The Bertz CT molecular complexity index is 1490. The number of carbonyl (C=O) groups excluding carboxylic acids is 1. The van der Waals surface area contributed by atoms with Crippen molar-refractivity contribution in [1.29, 1.82) is 0 Å². The van der Waals surface area contributed by atoms with Crippen LogP contribution in [0.4, 0.5) is 4.79 Å². The Balaban J connectivity index is 1.52. The summed E-state index contributed by atoms with van der Waals surface area (Å²) in [6, 6.07) is 12.0. The highest BCUT2D eigenvalue weighted by Crippen LogP contribution is 2.42. The molecule has 2 N–H and O–H groups in total. The van der Waals surface area contributed by atoms with E-state index in [1.165, 1.54) is 0 Å². The second-order valence-corrected chi connectivity index (χ2v) is 11.7. The molecule has 1 unspecified atom stereocenters. The molecule has 2 aliphatic rings. The van der Waals surface area contributed by atoms with Crippen LogP contribution in [-0.4, -0.2) is 36.7 Å². The number of benzene rings is 2. The van der Waals surface area contributed by atoms with Gasteiger partial charge in [-0.15, -0.1) is 0 Å². The summed E-state index contributed by atoms with van der Waals surface area (Å²) in [5.41, 5.74) is 4.61. The molecule has 7 nitrogen and oxygen atoms in total. The number of amides is 1. The van der Waals surface area contributed by atoms with E-state index in [0.29, 0.717) is 47.3 Å². The zero-order valence-electron chi connectivity index (χ0n) is 19.6. The molecule has 1 amide bonds. The maximum Gasteiger partial charge on any atom is 0.416 e. The summed E-state index contributed by atoms with van der Waals surface area (Å²) in [7, 11) is -3.35. The Kier molecular flexibility index (Phi) is 6.76. The van der Waals surface area contributed by atoms with Gasteiger partial charge in [-0.2, -0.15) is 0 Å². The van der Waals surface area contributed by atoms with E-state index in [1.54, 1.807) is 42.2 Å². The number of ether oxygens (including phenoxy) is 1. The fourth-order valence-electron chi connectivity index (χ4n) is 4.74. The van der Waals surface area contributed by atoms with Crippen molar-refractivity contribution >= 4 is 50.2 Å². The molecule has 3 aromatic rings. The molecule has 188 valence electrons. The van der Waals surface area contributed by atoms with Crippen LogP contribution in [0.15, 0.2) is 65.9 Å². The average molecular weight is 546 g/mol. The van der Waals surface area contributed by atoms with Gasteiger partial charge in [-0.1, -0.05) is 29.3 Å². The summed E-state index contributed by atoms with van der Waals surface area (Å²) in [6.45, 7) is 2.06. The Morgan fingerprint density at radius 3 is 2.53 bits per heavy atom. The number of sulfonamides is 1. The number of carbonyl (C=O) groups is 1.